The molecule has 18 heavy (non-hydrogen) atoms. The Morgan fingerprint density at radius 3 is 2.67 bits per heavy atom. The van der Waals surface area contributed by atoms with Crippen molar-refractivity contribution in [3.63, 3.8) is 0 Å². The van der Waals surface area contributed by atoms with Crippen LogP contribution in [-0.2, 0) is 7.05 Å². The van der Waals surface area contributed by atoms with Gasteiger partial charge in [-0.3, -0.25) is 15.5 Å². The highest BCUT2D eigenvalue weighted by molar-refractivity contribution is 9.10. The molecule has 96 valence electrons. The van der Waals surface area contributed by atoms with Gasteiger partial charge in [0.25, 0.3) is 0 Å². The number of nitrogens with zero attached hydrogens (tertiary/aromatic N) is 3. The third-order valence-corrected chi connectivity index (χ3v) is 3.61. The van der Waals surface area contributed by atoms with E-state index in [2.05, 4.69) is 31.4 Å². The first-order chi connectivity index (χ1) is 8.54. The molecule has 0 radical (unpaired) electrons. The fourth-order valence-electron chi connectivity index (χ4n) is 1.67. The van der Waals surface area contributed by atoms with E-state index < -0.39 is 0 Å². The maximum atomic E-state index is 6.14. The summed E-state index contributed by atoms with van der Waals surface area (Å²) in [4.78, 5) is 4.22. The van der Waals surface area contributed by atoms with Gasteiger partial charge in [-0.05, 0) is 22.0 Å². The Morgan fingerprint density at radius 2 is 2.17 bits per heavy atom. The Hall–Kier alpha value is -0.660. The van der Waals surface area contributed by atoms with E-state index in [-0.39, 0.29) is 6.04 Å². The summed E-state index contributed by atoms with van der Waals surface area (Å²) >= 11 is 15.4. The quantitative estimate of drug-likeness (QED) is 0.659. The van der Waals surface area contributed by atoms with Crippen molar-refractivity contribution in [1.82, 2.24) is 20.2 Å². The van der Waals surface area contributed by atoms with Crippen LogP contribution in [0.3, 0.4) is 0 Å². The molecule has 2 aromatic heterocycles. The van der Waals surface area contributed by atoms with E-state index >= 15 is 0 Å². The molecule has 0 aromatic carbocycles. The molecule has 0 fully saturated rings. The molecule has 0 saturated carbocycles. The average molecular weight is 351 g/mol. The van der Waals surface area contributed by atoms with Crippen molar-refractivity contribution in [2.45, 2.75) is 6.04 Å². The zero-order chi connectivity index (χ0) is 13.3. The van der Waals surface area contributed by atoms with Crippen LogP contribution >= 0.6 is 39.1 Å². The minimum absolute atomic E-state index is 0.378. The summed E-state index contributed by atoms with van der Waals surface area (Å²) in [6.45, 7) is 0. The molecule has 2 heterocycles. The van der Waals surface area contributed by atoms with Crippen molar-refractivity contribution < 1.29 is 0 Å². The normalized spacial score (nSPS) is 12.7. The highest BCUT2D eigenvalue weighted by atomic mass is 79.9. The van der Waals surface area contributed by atoms with Crippen molar-refractivity contribution in [2.75, 3.05) is 0 Å². The largest absolute Gasteiger partial charge is 0.270 e. The highest BCUT2D eigenvalue weighted by Crippen LogP contribution is 2.31. The van der Waals surface area contributed by atoms with Crippen LogP contribution < -0.4 is 11.3 Å². The molecule has 1 unspecified atom stereocenters. The summed E-state index contributed by atoms with van der Waals surface area (Å²) in [5, 5.41) is 5.05. The van der Waals surface area contributed by atoms with E-state index in [0.29, 0.717) is 15.7 Å². The molecule has 0 bridgehead atoms. The second kappa shape index (κ2) is 5.54. The molecule has 8 heteroatoms. The molecule has 1 atom stereocenters. The molecule has 2 aromatic rings. The van der Waals surface area contributed by atoms with Crippen LogP contribution in [0.25, 0.3) is 0 Å². The monoisotopic (exact) mass is 349 g/mol. The standard InChI is InChI=1S/C10H10BrCl2N5/c1-18-10(6(11)4-16-18)9(17-14)8-7(13)2-5(12)3-15-8/h2-4,9,17H,14H2,1H3. The van der Waals surface area contributed by atoms with Crippen LogP contribution in [0.2, 0.25) is 10.0 Å². The summed E-state index contributed by atoms with van der Waals surface area (Å²) in [6.07, 6.45) is 3.21. The molecule has 3 N–H and O–H groups in total. The number of aromatic nitrogens is 3. The molecule has 0 aliphatic carbocycles. The number of nitrogens with one attached hydrogen (secondary N) is 1. The average Bonchev–Trinajstić information content (AvgIpc) is 2.64. The van der Waals surface area contributed by atoms with Gasteiger partial charge in [-0.2, -0.15) is 5.10 Å². The predicted molar refractivity (Wildman–Crippen MR) is 74.3 cm³/mol. The van der Waals surface area contributed by atoms with E-state index in [1.165, 1.54) is 6.20 Å². The summed E-state index contributed by atoms with van der Waals surface area (Å²) < 4.78 is 2.52. The molecule has 0 aliphatic heterocycles. The van der Waals surface area contributed by atoms with Gasteiger partial charge in [-0.15, -0.1) is 0 Å². The Morgan fingerprint density at radius 1 is 1.44 bits per heavy atom. The number of hydrogen-bond acceptors (Lipinski definition) is 4. The number of hydrogen-bond donors (Lipinski definition) is 2. The first-order valence-corrected chi connectivity index (χ1v) is 6.54. The van der Waals surface area contributed by atoms with E-state index in [9.17, 15) is 0 Å². The molecule has 0 spiro atoms. The molecular formula is C10H10BrCl2N5. The maximum Gasteiger partial charge on any atom is 0.107 e. The lowest BCUT2D eigenvalue weighted by Gasteiger charge is -2.17. The highest BCUT2D eigenvalue weighted by Gasteiger charge is 2.23. The first-order valence-electron chi connectivity index (χ1n) is 4.99. The van der Waals surface area contributed by atoms with Crippen LogP contribution in [-0.4, -0.2) is 14.8 Å². The Labute approximate surface area is 122 Å². The topological polar surface area (TPSA) is 68.8 Å². The van der Waals surface area contributed by atoms with Gasteiger partial charge in [0.15, 0.2) is 0 Å². The maximum absolute atomic E-state index is 6.14. The van der Waals surface area contributed by atoms with E-state index in [1.807, 2.05) is 7.05 Å². The van der Waals surface area contributed by atoms with Gasteiger partial charge in [0.05, 0.1) is 32.1 Å². The summed E-state index contributed by atoms with van der Waals surface area (Å²) in [6, 6.07) is 1.25. The molecule has 0 saturated heterocycles. The second-order valence-electron chi connectivity index (χ2n) is 3.62. The fourth-order valence-corrected chi connectivity index (χ4v) is 2.74. The minimum atomic E-state index is -0.378. The Balaban J connectivity index is 2.52. The lowest BCUT2D eigenvalue weighted by atomic mass is 10.1. The van der Waals surface area contributed by atoms with Gasteiger partial charge < -0.3 is 0 Å². The second-order valence-corrected chi connectivity index (χ2v) is 5.32. The number of halogens is 3. The van der Waals surface area contributed by atoms with Crippen molar-refractivity contribution in [2.24, 2.45) is 12.9 Å². The van der Waals surface area contributed by atoms with Crippen LogP contribution in [0.15, 0.2) is 22.9 Å². The van der Waals surface area contributed by atoms with Crippen LogP contribution in [0.4, 0.5) is 0 Å². The van der Waals surface area contributed by atoms with Gasteiger partial charge in [-0.25, -0.2) is 5.43 Å². The lowest BCUT2D eigenvalue weighted by Crippen LogP contribution is -2.31. The molecule has 0 aliphatic rings. The van der Waals surface area contributed by atoms with E-state index in [1.54, 1.807) is 16.9 Å². The van der Waals surface area contributed by atoms with E-state index in [0.717, 1.165) is 10.2 Å². The number of pyridine rings is 1. The Bertz CT molecular complexity index is 552. The minimum Gasteiger partial charge on any atom is -0.270 e. The summed E-state index contributed by atoms with van der Waals surface area (Å²) in [5.74, 6) is 5.60. The molecule has 5 nitrogen and oxygen atoms in total. The first kappa shape index (κ1) is 13.8. The SMILES string of the molecule is Cn1ncc(Br)c1C(NN)c1ncc(Cl)cc1Cl. The third-order valence-electron chi connectivity index (χ3n) is 2.49. The van der Waals surface area contributed by atoms with E-state index in [4.69, 9.17) is 29.0 Å². The number of hydrazine groups is 1. The van der Waals surface area contributed by atoms with Gasteiger partial charge in [-0.1, -0.05) is 23.2 Å². The number of rotatable bonds is 3. The third kappa shape index (κ3) is 2.53. The van der Waals surface area contributed by atoms with Crippen molar-refractivity contribution in [3.05, 3.63) is 44.4 Å². The van der Waals surface area contributed by atoms with Crippen molar-refractivity contribution in [1.29, 1.82) is 0 Å². The van der Waals surface area contributed by atoms with Gasteiger partial charge >= 0.3 is 0 Å². The van der Waals surface area contributed by atoms with Gasteiger partial charge in [0.2, 0.25) is 0 Å². The fraction of sp³-hybridized carbons (Fsp3) is 0.200. The van der Waals surface area contributed by atoms with Crippen molar-refractivity contribution in [3.8, 4) is 0 Å². The molecular weight excluding hydrogens is 341 g/mol. The summed E-state index contributed by atoms with van der Waals surface area (Å²) in [7, 11) is 1.81. The van der Waals surface area contributed by atoms with Crippen molar-refractivity contribution >= 4 is 39.1 Å². The molecule has 2 rings (SSSR count). The van der Waals surface area contributed by atoms with Crippen LogP contribution in [0, 0.1) is 0 Å². The number of nitrogens with two attached hydrogens (primary N) is 1. The Kier molecular flexibility index (Phi) is 4.24. The predicted octanol–water partition coefficient (Wildman–Crippen LogP) is 2.44. The van der Waals surface area contributed by atoms with Crippen LogP contribution in [0.1, 0.15) is 17.4 Å². The lowest BCUT2D eigenvalue weighted by molar-refractivity contribution is 0.562. The number of aryl methyl sites for hydroxylation is 1. The zero-order valence-corrected chi connectivity index (χ0v) is 12.5. The van der Waals surface area contributed by atoms with Gasteiger partial charge in [0.1, 0.15) is 6.04 Å². The molecule has 0 amide bonds. The summed E-state index contributed by atoms with van der Waals surface area (Å²) in [5.41, 5.74) is 4.10. The zero-order valence-electron chi connectivity index (χ0n) is 9.36. The van der Waals surface area contributed by atoms with Crippen LogP contribution in [0.5, 0.6) is 0 Å². The smallest absolute Gasteiger partial charge is 0.107 e. The van der Waals surface area contributed by atoms with Gasteiger partial charge in [0, 0.05) is 13.2 Å².